The summed E-state index contributed by atoms with van der Waals surface area (Å²) in [4.78, 5) is 22.9. The minimum atomic E-state index is -3.56. The molecule has 8 heteroatoms. The third-order valence-corrected chi connectivity index (χ3v) is 5.02. The Morgan fingerprint density at radius 2 is 1.64 bits per heavy atom. The quantitative estimate of drug-likeness (QED) is 0.526. The van der Waals surface area contributed by atoms with Crippen molar-refractivity contribution in [2.24, 2.45) is 0 Å². The first-order valence-electron chi connectivity index (χ1n) is 7.84. The van der Waals surface area contributed by atoms with Gasteiger partial charge in [0, 0.05) is 12.2 Å². The molecule has 1 N–H and O–H groups in total. The molecule has 1 unspecified atom stereocenters. The summed E-state index contributed by atoms with van der Waals surface area (Å²) in [5.41, 5.74) is 0.661. The van der Waals surface area contributed by atoms with Gasteiger partial charge in [0.15, 0.2) is 0 Å². The number of esters is 2. The second-order valence-corrected chi connectivity index (χ2v) is 7.66. The first-order valence-corrected chi connectivity index (χ1v) is 9.38. The van der Waals surface area contributed by atoms with Gasteiger partial charge in [-0.25, -0.2) is 22.7 Å². The van der Waals surface area contributed by atoms with Crippen molar-refractivity contribution in [2.45, 2.75) is 32.1 Å². The lowest BCUT2D eigenvalue weighted by atomic mass is 10.1. The Morgan fingerprint density at radius 3 is 2.16 bits per heavy atom. The van der Waals surface area contributed by atoms with E-state index in [1.54, 1.807) is 51.1 Å². The molecule has 7 nitrogen and oxygen atoms in total. The lowest BCUT2D eigenvalue weighted by Crippen LogP contribution is -2.36. The predicted octanol–water partition coefficient (Wildman–Crippen LogP) is 1.72. The molecule has 0 saturated heterocycles. The van der Waals surface area contributed by atoms with Crippen LogP contribution in [0, 0.1) is 0 Å². The highest BCUT2D eigenvalue weighted by Crippen LogP contribution is 2.16. The number of nitrogens with one attached hydrogen (secondary N) is 1. The zero-order chi connectivity index (χ0) is 18.9. The van der Waals surface area contributed by atoms with Gasteiger partial charge in [0.05, 0.1) is 17.9 Å². The average Bonchev–Trinajstić information content (AvgIpc) is 2.57. The van der Waals surface area contributed by atoms with Crippen LogP contribution in [0.3, 0.4) is 0 Å². The molecule has 0 saturated carbocycles. The highest BCUT2D eigenvalue weighted by Gasteiger charge is 2.23. The zero-order valence-electron chi connectivity index (χ0n) is 14.5. The van der Waals surface area contributed by atoms with E-state index in [1.807, 2.05) is 0 Å². The van der Waals surface area contributed by atoms with Crippen LogP contribution in [0.25, 0.3) is 0 Å². The molecule has 0 bridgehead atoms. The van der Waals surface area contributed by atoms with E-state index in [0.29, 0.717) is 5.56 Å². The van der Waals surface area contributed by atoms with Crippen LogP contribution in [0.15, 0.2) is 42.5 Å². The van der Waals surface area contributed by atoms with Gasteiger partial charge in [-0.15, -0.1) is 0 Å². The van der Waals surface area contributed by atoms with Crippen molar-refractivity contribution in [1.29, 1.82) is 0 Å². The number of hydrogen-bond acceptors (Lipinski definition) is 6. The summed E-state index contributed by atoms with van der Waals surface area (Å²) in [6.45, 7) is 4.75. The largest absolute Gasteiger partial charge is 0.463 e. The van der Waals surface area contributed by atoms with Gasteiger partial charge in [0.2, 0.25) is 10.0 Å². The third-order valence-electron chi connectivity index (χ3n) is 3.16. The summed E-state index contributed by atoms with van der Waals surface area (Å²) in [7, 11) is -3.56. The number of ether oxygens (including phenoxy) is 2. The molecule has 0 amide bonds. The highest BCUT2D eigenvalue weighted by molar-refractivity contribution is 7.90. The Balaban J connectivity index is 2.78. The van der Waals surface area contributed by atoms with Crippen molar-refractivity contribution in [3.05, 3.63) is 48.0 Å². The van der Waals surface area contributed by atoms with E-state index in [1.165, 1.54) is 0 Å². The van der Waals surface area contributed by atoms with Gasteiger partial charge in [0.25, 0.3) is 0 Å². The lowest BCUT2D eigenvalue weighted by molar-refractivity contribution is -0.140. The van der Waals surface area contributed by atoms with Gasteiger partial charge < -0.3 is 9.47 Å². The molecule has 1 atom stereocenters. The van der Waals surface area contributed by atoms with E-state index in [-0.39, 0.29) is 13.2 Å². The van der Waals surface area contributed by atoms with Gasteiger partial charge >= 0.3 is 11.9 Å². The van der Waals surface area contributed by atoms with Crippen molar-refractivity contribution in [1.82, 2.24) is 4.72 Å². The number of carbonyl (C=O) groups is 2. The highest BCUT2D eigenvalue weighted by atomic mass is 32.2. The Bertz CT molecular complexity index is 697. The van der Waals surface area contributed by atoms with Crippen molar-refractivity contribution >= 4 is 22.0 Å². The van der Waals surface area contributed by atoms with Gasteiger partial charge in [-0.3, -0.25) is 0 Å². The Labute approximate surface area is 148 Å². The second kappa shape index (κ2) is 9.95. The molecular formula is C17H23NO6S. The summed E-state index contributed by atoms with van der Waals surface area (Å²) < 4.78 is 36.5. The van der Waals surface area contributed by atoms with E-state index in [2.05, 4.69) is 9.46 Å². The fourth-order valence-corrected chi connectivity index (χ4v) is 2.63. The van der Waals surface area contributed by atoms with E-state index in [0.717, 1.165) is 12.2 Å². The molecule has 0 aliphatic heterocycles. The maximum Gasteiger partial charge on any atom is 0.331 e. The fraction of sp³-hybridized carbons (Fsp3) is 0.412. The molecule has 0 heterocycles. The normalized spacial score (nSPS) is 13.0. The van der Waals surface area contributed by atoms with Crippen LogP contribution in [0.4, 0.5) is 0 Å². The van der Waals surface area contributed by atoms with Gasteiger partial charge in [-0.05, 0) is 26.3 Å². The van der Waals surface area contributed by atoms with Crippen molar-refractivity contribution in [3.63, 3.8) is 0 Å². The molecule has 25 heavy (non-hydrogen) atoms. The van der Waals surface area contributed by atoms with Crippen LogP contribution in [0.5, 0.6) is 0 Å². The fourth-order valence-electron chi connectivity index (χ4n) is 1.76. The molecule has 138 valence electrons. The zero-order valence-corrected chi connectivity index (χ0v) is 15.3. The number of carbonyl (C=O) groups excluding carboxylic acids is 2. The predicted molar refractivity (Wildman–Crippen MR) is 93.1 cm³/mol. The first-order chi connectivity index (χ1) is 11.8. The average molecular weight is 369 g/mol. The molecule has 1 aromatic rings. The van der Waals surface area contributed by atoms with Crippen LogP contribution in [-0.2, 0) is 29.1 Å². The Kier molecular flexibility index (Phi) is 8.30. The molecule has 0 aliphatic carbocycles. The van der Waals surface area contributed by atoms with Crippen molar-refractivity contribution < 1.29 is 27.5 Å². The SMILES string of the molecule is CCOC(=O)/C=C/C(=O)OCC(NS(=O)(=O)C(C)C)c1ccccc1. The lowest BCUT2D eigenvalue weighted by Gasteiger charge is -2.20. The van der Waals surface area contributed by atoms with Crippen molar-refractivity contribution in [2.75, 3.05) is 13.2 Å². The summed E-state index contributed by atoms with van der Waals surface area (Å²) in [5, 5.41) is -0.627. The molecule has 0 aromatic heterocycles. The minimum absolute atomic E-state index is 0.200. The molecule has 0 spiro atoms. The maximum atomic E-state index is 12.1. The number of hydrogen-bond donors (Lipinski definition) is 1. The van der Waals surface area contributed by atoms with Crippen LogP contribution in [-0.4, -0.2) is 38.8 Å². The molecule has 0 aliphatic rings. The van der Waals surface area contributed by atoms with Crippen LogP contribution >= 0.6 is 0 Å². The minimum Gasteiger partial charge on any atom is -0.463 e. The van der Waals surface area contributed by atoms with Crippen molar-refractivity contribution in [3.8, 4) is 0 Å². The number of sulfonamides is 1. The van der Waals surface area contributed by atoms with Crippen LogP contribution in [0.1, 0.15) is 32.4 Å². The maximum absolute atomic E-state index is 12.1. The topological polar surface area (TPSA) is 98.8 Å². The Hall–Kier alpha value is -2.19. The van der Waals surface area contributed by atoms with Gasteiger partial charge in [-0.1, -0.05) is 30.3 Å². The Morgan fingerprint density at radius 1 is 1.08 bits per heavy atom. The molecular weight excluding hydrogens is 346 g/mol. The van der Waals surface area contributed by atoms with Gasteiger partial charge in [-0.2, -0.15) is 0 Å². The smallest absolute Gasteiger partial charge is 0.331 e. The van der Waals surface area contributed by atoms with E-state index in [9.17, 15) is 18.0 Å². The van der Waals surface area contributed by atoms with E-state index < -0.39 is 33.3 Å². The van der Waals surface area contributed by atoms with Crippen LogP contribution in [0.2, 0.25) is 0 Å². The molecule has 1 aromatic carbocycles. The molecule has 0 radical (unpaired) electrons. The molecule has 0 fully saturated rings. The van der Waals surface area contributed by atoms with E-state index >= 15 is 0 Å². The monoisotopic (exact) mass is 369 g/mol. The third kappa shape index (κ3) is 7.49. The summed E-state index contributed by atoms with van der Waals surface area (Å²) in [6.07, 6.45) is 1.90. The van der Waals surface area contributed by atoms with E-state index in [4.69, 9.17) is 4.74 Å². The second-order valence-electron chi connectivity index (χ2n) is 5.39. The van der Waals surface area contributed by atoms with Crippen LogP contribution < -0.4 is 4.72 Å². The number of rotatable bonds is 9. The number of benzene rings is 1. The van der Waals surface area contributed by atoms with Gasteiger partial charge in [0.1, 0.15) is 6.61 Å². The first kappa shape index (κ1) is 20.9. The standard InChI is InChI=1S/C17H23NO6S/c1-4-23-16(19)10-11-17(20)24-12-15(14-8-6-5-7-9-14)18-25(21,22)13(2)3/h5-11,13,15,18H,4,12H2,1-3H3/b11-10+. The summed E-state index contributed by atoms with van der Waals surface area (Å²) in [6, 6.07) is 8.05. The summed E-state index contributed by atoms with van der Waals surface area (Å²) >= 11 is 0. The summed E-state index contributed by atoms with van der Waals surface area (Å²) in [5.74, 6) is -1.42. The molecule has 1 rings (SSSR count).